The molecule has 4 nitrogen and oxygen atoms in total. The molecule has 0 heterocycles. The number of nitrogens with zero attached hydrogens (tertiary/aromatic N) is 1. The average molecular weight is 335 g/mol. The molecule has 1 aliphatic carbocycles. The first kappa shape index (κ1) is 17.2. The maximum atomic E-state index is 12.3. The summed E-state index contributed by atoms with van der Waals surface area (Å²) in [7, 11) is 0. The molecular weight excluding hydrogens is 314 g/mol. The summed E-state index contributed by atoms with van der Waals surface area (Å²) in [6.07, 6.45) is 4.12. The van der Waals surface area contributed by atoms with Crippen LogP contribution in [0.15, 0.2) is 42.5 Å². The average Bonchev–Trinajstić information content (AvgIpc) is 2.66. The Morgan fingerprint density at radius 3 is 2.72 bits per heavy atom. The summed E-state index contributed by atoms with van der Waals surface area (Å²) in [6, 6.07) is 14.3. The second kappa shape index (κ2) is 7.96. The van der Waals surface area contributed by atoms with Crippen molar-refractivity contribution in [2.75, 3.05) is 6.61 Å². The summed E-state index contributed by atoms with van der Waals surface area (Å²) >= 11 is 0. The van der Waals surface area contributed by atoms with Crippen molar-refractivity contribution in [2.45, 2.75) is 38.7 Å². The number of aryl methyl sites for hydroxylation is 1. The zero-order chi connectivity index (χ0) is 17.6. The van der Waals surface area contributed by atoms with Crippen LogP contribution in [0.4, 0.5) is 0 Å². The van der Waals surface area contributed by atoms with Crippen molar-refractivity contribution < 1.29 is 14.3 Å². The summed E-state index contributed by atoms with van der Waals surface area (Å²) in [5, 5.41) is 8.80. The van der Waals surface area contributed by atoms with Crippen LogP contribution >= 0.6 is 0 Å². The Balaban J connectivity index is 1.67. The minimum atomic E-state index is -0.378. The molecule has 128 valence electrons. The van der Waals surface area contributed by atoms with Gasteiger partial charge in [0, 0.05) is 6.61 Å². The first-order valence-electron chi connectivity index (χ1n) is 8.65. The van der Waals surface area contributed by atoms with E-state index in [1.165, 1.54) is 11.1 Å². The highest BCUT2D eigenvalue weighted by Crippen LogP contribution is 2.25. The van der Waals surface area contributed by atoms with Gasteiger partial charge < -0.3 is 9.47 Å². The van der Waals surface area contributed by atoms with Gasteiger partial charge in [0.05, 0.1) is 23.3 Å². The van der Waals surface area contributed by atoms with Gasteiger partial charge >= 0.3 is 5.97 Å². The van der Waals surface area contributed by atoms with Crippen LogP contribution in [0.3, 0.4) is 0 Å². The fourth-order valence-electron chi connectivity index (χ4n) is 3.04. The van der Waals surface area contributed by atoms with E-state index >= 15 is 0 Å². The van der Waals surface area contributed by atoms with Gasteiger partial charge in [0.15, 0.2) is 0 Å². The van der Waals surface area contributed by atoms with Gasteiger partial charge in [0.1, 0.15) is 5.75 Å². The van der Waals surface area contributed by atoms with Crippen molar-refractivity contribution in [3.05, 3.63) is 64.7 Å². The summed E-state index contributed by atoms with van der Waals surface area (Å²) in [5.74, 6) is 0.0617. The smallest absolute Gasteiger partial charge is 0.343 e. The molecule has 0 spiro atoms. The standard InChI is InChI=1S/C21H21NO3/c1-2-11-24-20-10-7-16-12-18(6-5-17(16)13-20)21(23)25-19-8-3-15(14-22)4-9-19/h3-6,8-9,12,20H,2,7,10-11,13H2,1H3. The number of fused-ring (bicyclic) bond motifs is 1. The second-order valence-corrected chi connectivity index (χ2v) is 6.24. The van der Waals surface area contributed by atoms with E-state index in [-0.39, 0.29) is 12.1 Å². The van der Waals surface area contributed by atoms with Crippen LogP contribution in [0, 0.1) is 11.3 Å². The van der Waals surface area contributed by atoms with Crippen LogP contribution in [0.1, 0.15) is 46.8 Å². The third kappa shape index (κ3) is 4.26. The topological polar surface area (TPSA) is 59.3 Å². The Labute approximate surface area is 148 Å². The highest BCUT2D eigenvalue weighted by molar-refractivity contribution is 5.91. The fourth-order valence-corrected chi connectivity index (χ4v) is 3.04. The van der Waals surface area contributed by atoms with Crippen LogP contribution in [-0.4, -0.2) is 18.7 Å². The fraction of sp³-hybridized carbons (Fsp3) is 0.333. The quantitative estimate of drug-likeness (QED) is 0.611. The first-order valence-corrected chi connectivity index (χ1v) is 8.65. The third-order valence-electron chi connectivity index (χ3n) is 4.38. The van der Waals surface area contributed by atoms with E-state index < -0.39 is 0 Å². The minimum absolute atomic E-state index is 0.281. The van der Waals surface area contributed by atoms with E-state index in [1.807, 2.05) is 24.3 Å². The van der Waals surface area contributed by atoms with Crippen molar-refractivity contribution in [3.63, 3.8) is 0 Å². The zero-order valence-electron chi connectivity index (χ0n) is 14.3. The van der Waals surface area contributed by atoms with Gasteiger partial charge in [-0.1, -0.05) is 13.0 Å². The summed E-state index contributed by atoms with van der Waals surface area (Å²) in [4.78, 5) is 12.3. The maximum Gasteiger partial charge on any atom is 0.343 e. The molecule has 0 aromatic heterocycles. The van der Waals surface area contributed by atoms with Crippen LogP contribution in [0.5, 0.6) is 5.75 Å². The molecule has 1 unspecified atom stereocenters. The van der Waals surface area contributed by atoms with Crippen molar-refractivity contribution in [1.29, 1.82) is 5.26 Å². The van der Waals surface area contributed by atoms with Gasteiger partial charge in [-0.05, 0) is 73.2 Å². The molecule has 0 bridgehead atoms. The van der Waals surface area contributed by atoms with Crippen molar-refractivity contribution in [2.24, 2.45) is 0 Å². The lowest BCUT2D eigenvalue weighted by atomic mass is 9.88. The molecule has 1 aliphatic rings. The van der Waals surface area contributed by atoms with E-state index in [0.717, 1.165) is 32.3 Å². The maximum absolute atomic E-state index is 12.3. The molecule has 0 saturated carbocycles. The highest BCUT2D eigenvalue weighted by Gasteiger charge is 2.20. The minimum Gasteiger partial charge on any atom is -0.423 e. The summed E-state index contributed by atoms with van der Waals surface area (Å²) in [5.41, 5.74) is 3.54. The first-order chi connectivity index (χ1) is 12.2. The number of benzene rings is 2. The molecule has 2 aromatic carbocycles. The van der Waals surface area contributed by atoms with Gasteiger partial charge in [-0.2, -0.15) is 5.26 Å². The Kier molecular flexibility index (Phi) is 5.47. The molecule has 0 fully saturated rings. The molecule has 1 atom stereocenters. The van der Waals surface area contributed by atoms with Crippen LogP contribution in [0.25, 0.3) is 0 Å². The van der Waals surface area contributed by atoms with Crippen molar-refractivity contribution >= 4 is 5.97 Å². The molecule has 2 aromatic rings. The van der Waals surface area contributed by atoms with Gasteiger partial charge in [0.2, 0.25) is 0 Å². The molecular formula is C21H21NO3. The lowest BCUT2D eigenvalue weighted by Gasteiger charge is -2.25. The Morgan fingerprint density at radius 2 is 2.00 bits per heavy atom. The number of esters is 1. The molecule has 0 aliphatic heterocycles. The molecule has 0 saturated heterocycles. The van der Waals surface area contributed by atoms with Gasteiger partial charge in [-0.25, -0.2) is 4.79 Å². The van der Waals surface area contributed by atoms with E-state index in [0.29, 0.717) is 16.9 Å². The molecule has 0 radical (unpaired) electrons. The molecule has 0 N–H and O–H groups in total. The lowest BCUT2D eigenvalue weighted by molar-refractivity contribution is 0.0446. The number of nitriles is 1. The normalized spacial score (nSPS) is 15.9. The van der Waals surface area contributed by atoms with Gasteiger partial charge in [-0.3, -0.25) is 0 Å². The van der Waals surface area contributed by atoms with Crippen molar-refractivity contribution in [3.8, 4) is 11.8 Å². The Bertz CT molecular complexity index is 790. The summed E-state index contributed by atoms with van der Waals surface area (Å²) in [6.45, 7) is 2.91. The number of carbonyl (C=O) groups excluding carboxylic acids is 1. The molecule has 0 amide bonds. The van der Waals surface area contributed by atoms with E-state index in [9.17, 15) is 4.79 Å². The predicted octanol–water partition coefficient (Wildman–Crippen LogP) is 4.06. The molecule has 25 heavy (non-hydrogen) atoms. The largest absolute Gasteiger partial charge is 0.423 e. The van der Waals surface area contributed by atoms with Gasteiger partial charge in [-0.15, -0.1) is 0 Å². The van der Waals surface area contributed by atoms with Crippen molar-refractivity contribution in [1.82, 2.24) is 0 Å². The molecule has 4 heteroatoms. The monoisotopic (exact) mass is 335 g/mol. The SMILES string of the molecule is CCCOC1CCc2cc(C(=O)Oc3ccc(C#N)cc3)ccc2C1. The predicted molar refractivity (Wildman–Crippen MR) is 94.6 cm³/mol. The van der Waals surface area contributed by atoms with Crippen LogP contribution in [-0.2, 0) is 17.6 Å². The van der Waals surface area contributed by atoms with E-state index in [2.05, 4.69) is 6.92 Å². The van der Waals surface area contributed by atoms with E-state index in [1.54, 1.807) is 24.3 Å². The highest BCUT2D eigenvalue weighted by atomic mass is 16.5. The third-order valence-corrected chi connectivity index (χ3v) is 4.38. The number of hydrogen-bond acceptors (Lipinski definition) is 4. The second-order valence-electron chi connectivity index (χ2n) is 6.24. The number of carbonyl (C=O) groups is 1. The summed E-state index contributed by atoms with van der Waals surface area (Å²) < 4.78 is 11.2. The van der Waals surface area contributed by atoms with Gasteiger partial charge in [0.25, 0.3) is 0 Å². The number of ether oxygens (including phenoxy) is 2. The lowest BCUT2D eigenvalue weighted by Crippen LogP contribution is -2.23. The number of rotatable bonds is 5. The Morgan fingerprint density at radius 1 is 1.20 bits per heavy atom. The van der Waals surface area contributed by atoms with Crippen LogP contribution < -0.4 is 4.74 Å². The van der Waals surface area contributed by atoms with E-state index in [4.69, 9.17) is 14.7 Å². The Hall–Kier alpha value is -2.64. The molecule has 3 rings (SSSR count). The van der Waals surface area contributed by atoms with Crippen LogP contribution in [0.2, 0.25) is 0 Å². The number of hydrogen-bond donors (Lipinski definition) is 0. The zero-order valence-corrected chi connectivity index (χ0v) is 14.3.